The zero-order valence-electron chi connectivity index (χ0n) is 13.5. The number of nitrogens with zero attached hydrogens (tertiary/aromatic N) is 1. The summed E-state index contributed by atoms with van der Waals surface area (Å²) in [5.74, 6) is 0.0522. The zero-order valence-corrected chi connectivity index (χ0v) is 14.3. The van der Waals surface area contributed by atoms with Crippen molar-refractivity contribution < 1.29 is 9.53 Å². The first-order valence-corrected chi connectivity index (χ1v) is 8.91. The molecule has 3 N–H and O–H groups in total. The summed E-state index contributed by atoms with van der Waals surface area (Å²) in [6.07, 6.45) is 4.61. The first-order valence-electron chi connectivity index (χ1n) is 8.03. The smallest absolute Gasteiger partial charge is 0.241 e. The van der Waals surface area contributed by atoms with Gasteiger partial charge < -0.3 is 15.8 Å². The van der Waals surface area contributed by atoms with Gasteiger partial charge in [0.05, 0.1) is 12.1 Å². The molecule has 22 heavy (non-hydrogen) atoms. The number of hydrogen-bond acceptors (Lipinski definition) is 5. The number of amides is 1. The number of hydrogen-bond donors (Lipinski definition) is 2. The van der Waals surface area contributed by atoms with Gasteiger partial charge in [0.2, 0.25) is 5.91 Å². The van der Waals surface area contributed by atoms with Crippen LogP contribution in [0.3, 0.4) is 0 Å². The van der Waals surface area contributed by atoms with Crippen LogP contribution < -0.4 is 11.1 Å². The molecule has 1 aliphatic heterocycles. The molecule has 1 aromatic heterocycles. The van der Waals surface area contributed by atoms with E-state index in [0.717, 1.165) is 30.9 Å². The standard InChI is InChI=1S/C16H25N3O2S/c1-4-11(13-18-7-9-22-13)19-14(20)16(17)10-6-5-8-21-12(10)15(16,2)3/h7,9-12H,4-6,8,17H2,1-3H3,(H,19,20). The fraction of sp³-hybridized carbons (Fsp3) is 0.750. The summed E-state index contributed by atoms with van der Waals surface area (Å²) in [4.78, 5) is 17.3. The maximum atomic E-state index is 13.0. The molecular formula is C16H25N3O2S. The van der Waals surface area contributed by atoms with Crippen LogP contribution in [0.25, 0.3) is 0 Å². The number of fused-ring (bicyclic) bond motifs is 1. The van der Waals surface area contributed by atoms with Crippen LogP contribution in [0.15, 0.2) is 11.6 Å². The zero-order chi connectivity index (χ0) is 16.0. The van der Waals surface area contributed by atoms with E-state index in [1.54, 1.807) is 17.5 Å². The summed E-state index contributed by atoms with van der Waals surface area (Å²) in [6.45, 7) is 6.92. The Hall–Kier alpha value is -0.980. The lowest BCUT2D eigenvalue weighted by atomic mass is 9.46. The third-order valence-electron chi connectivity index (χ3n) is 5.52. The lowest BCUT2D eigenvalue weighted by Crippen LogP contribution is -2.82. The summed E-state index contributed by atoms with van der Waals surface area (Å²) in [7, 11) is 0. The molecule has 4 unspecified atom stereocenters. The van der Waals surface area contributed by atoms with Crippen LogP contribution in [0.5, 0.6) is 0 Å². The molecule has 1 aliphatic carbocycles. The van der Waals surface area contributed by atoms with E-state index >= 15 is 0 Å². The summed E-state index contributed by atoms with van der Waals surface area (Å²) in [6, 6.07) is -0.0627. The first-order chi connectivity index (χ1) is 10.4. The van der Waals surface area contributed by atoms with Crippen molar-refractivity contribution in [3.05, 3.63) is 16.6 Å². The fourth-order valence-corrected chi connectivity index (χ4v) is 4.83. The Balaban J connectivity index is 1.78. The van der Waals surface area contributed by atoms with E-state index in [4.69, 9.17) is 10.5 Å². The molecule has 2 fully saturated rings. The Labute approximate surface area is 135 Å². The third kappa shape index (κ3) is 2.12. The maximum absolute atomic E-state index is 13.0. The van der Waals surface area contributed by atoms with E-state index in [1.807, 2.05) is 26.2 Å². The molecule has 0 bridgehead atoms. The van der Waals surface area contributed by atoms with Crippen LogP contribution in [-0.2, 0) is 9.53 Å². The number of nitrogens with one attached hydrogen (secondary N) is 1. The Bertz CT molecular complexity index is 546. The number of aromatic nitrogens is 1. The van der Waals surface area contributed by atoms with Gasteiger partial charge in [-0.25, -0.2) is 4.98 Å². The quantitative estimate of drug-likeness (QED) is 0.891. The van der Waals surface area contributed by atoms with Gasteiger partial charge in [-0.15, -0.1) is 11.3 Å². The van der Waals surface area contributed by atoms with Gasteiger partial charge >= 0.3 is 0 Å². The lowest BCUT2D eigenvalue weighted by molar-refractivity contribution is -0.225. The SMILES string of the molecule is CCC(NC(=O)C1(N)C2CCCOC2C1(C)C)c1nccs1. The van der Waals surface area contributed by atoms with Crippen molar-refractivity contribution in [1.29, 1.82) is 0 Å². The normalized spacial score (nSPS) is 34.4. The summed E-state index contributed by atoms with van der Waals surface area (Å²) < 4.78 is 5.87. The molecule has 2 heterocycles. The number of thiazole rings is 1. The first kappa shape index (κ1) is 15.9. The van der Waals surface area contributed by atoms with Gasteiger partial charge in [-0.2, -0.15) is 0 Å². The van der Waals surface area contributed by atoms with Crippen molar-refractivity contribution in [3.63, 3.8) is 0 Å². The van der Waals surface area contributed by atoms with Crippen molar-refractivity contribution in [1.82, 2.24) is 10.3 Å². The van der Waals surface area contributed by atoms with Crippen LogP contribution in [-0.4, -0.2) is 29.1 Å². The van der Waals surface area contributed by atoms with Crippen LogP contribution in [0.1, 0.15) is 51.1 Å². The van der Waals surface area contributed by atoms with E-state index in [0.29, 0.717) is 0 Å². The van der Waals surface area contributed by atoms with Crippen molar-refractivity contribution in [2.45, 2.75) is 57.7 Å². The maximum Gasteiger partial charge on any atom is 0.241 e. The monoisotopic (exact) mass is 323 g/mol. The van der Waals surface area contributed by atoms with E-state index < -0.39 is 5.54 Å². The number of ether oxygens (including phenoxy) is 1. The average Bonchev–Trinajstić information content (AvgIpc) is 3.05. The second kappa shape index (κ2) is 5.58. The van der Waals surface area contributed by atoms with Crippen LogP contribution >= 0.6 is 11.3 Å². The molecule has 5 nitrogen and oxygen atoms in total. The number of carbonyl (C=O) groups is 1. The van der Waals surface area contributed by atoms with E-state index in [9.17, 15) is 4.79 Å². The highest BCUT2D eigenvalue weighted by atomic mass is 32.1. The van der Waals surface area contributed by atoms with Crippen molar-refractivity contribution in [2.24, 2.45) is 17.1 Å². The second-order valence-corrected chi connectivity index (χ2v) is 7.86. The number of rotatable bonds is 4. The molecule has 2 aliphatic rings. The van der Waals surface area contributed by atoms with Gasteiger partial charge in [0.15, 0.2) is 0 Å². The summed E-state index contributed by atoms with van der Waals surface area (Å²) >= 11 is 1.57. The molecule has 3 rings (SSSR count). The molecule has 122 valence electrons. The molecule has 0 spiro atoms. The van der Waals surface area contributed by atoms with Crippen LogP contribution in [0.2, 0.25) is 0 Å². The fourth-order valence-electron chi connectivity index (χ4n) is 4.06. The van der Waals surface area contributed by atoms with Gasteiger partial charge in [-0.05, 0) is 19.3 Å². The molecule has 1 saturated heterocycles. The predicted octanol–water partition coefficient (Wildman–Crippen LogP) is 2.24. The second-order valence-electron chi connectivity index (χ2n) is 6.94. The van der Waals surface area contributed by atoms with Gasteiger partial charge in [0.1, 0.15) is 10.5 Å². The summed E-state index contributed by atoms with van der Waals surface area (Å²) in [5, 5.41) is 6.00. The number of carbonyl (C=O) groups excluding carboxylic acids is 1. The van der Waals surface area contributed by atoms with Crippen LogP contribution in [0, 0.1) is 11.3 Å². The third-order valence-corrected chi connectivity index (χ3v) is 6.41. The molecule has 6 heteroatoms. The lowest BCUT2D eigenvalue weighted by Gasteiger charge is -2.65. The van der Waals surface area contributed by atoms with E-state index in [-0.39, 0.29) is 29.4 Å². The topological polar surface area (TPSA) is 77.2 Å². The van der Waals surface area contributed by atoms with Gasteiger partial charge in [-0.1, -0.05) is 20.8 Å². The van der Waals surface area contributed by atoms with Crippen molar-refractivity contribution in [3.8, 4) is 0 Å². The minimum absolute atomic E-state index is 0.0627. The van der Waals surface area contributed by atoms with E-state index in [1.165, 1.54) is 0 Å². The molecular weight excluding hydrogens is 298 g/mol. The van der Waals surface area contributed by atoms with Gasteiger partial charge in [-0.3, -0.25) is 4.79 Å². The van der Waals surface area contributed by atoms with Crippen LogP contribution in [0.4, 0.5) is 0 Å². The molecule has 1 saturated carbocycles. The minimum Gasteiger partial charge on any atom is -0.377 e. The summed E-state index contributed by atoms with van der Waals surface area (Å²) in [5.41, 5.74) is 5.42. The van der Waals surface area contributed by atoms with Crippen molar-refractivity contribution in [2.75, 3.05) is 6.61 Å². The van der Waals surface area contributed by atoms with Crippen molar-refractivity contribution >= 4 is 17.2 Å². The highest BCUT2D eigenvalue weighted by molar-refractivity contribution is 7.09. The predicted molar refractivity (Wildman–Crippen MR) is 86.5 cm³/mol. The van der Waals surface area contributed by atoms with Gasteiger partial charge in [0.25, 0.3) is 0 Å². The molecule has 4 atom stereocenters. The Morgan fingerprint density at radius 1 is 1.64 bits per heavy atom. The Kier molecular flexibility index (Phi) is 4.03. The molecule has 1 aromatic rings. The largest absolute Gasteiger partial charge is 0.377 e. The highest BCUT2D eigenvalue weighted by Crippen LogP contribution is 2.57. The molecule has 0 radical (unpaired) electrons. The molecule has 1 amide bonds. The van der Waals surface area contributed by atoms with E-state index in [2.05, 4.69) is 10.3 Å². The number of nitrogens with two attached hydrogens (primary N) is 1. The Morgan fingerprint density at radius 2 is 2.41 bits per heavy atom. The van der Waals surface area contributed by atoms with Gasteiger partial charge in [0, 0.05) is 29.5 Å². The average molecular weight is 323 g/mol. The minimum atomic E-state index is -0.858. The Morgan fingerprint density at radius 3 is 3.05 bits per heavy atom. The molecule has 0 aromatic carbocycles. The highest BCUT2D eigenvalue weighted by Gasteiger charge is 2.70.